The van der Waals surface area contributed by atoms with Gasteiger partial charge in [-0.25, -0.2) is 9.82 Å². The van der Waals surface area contributed by atoms with Crippen LogP contribution < -0.4 is 26.2 Å². The van der Waals surface area contributed by atoms with Crippen LogP contribution in [0.2, 0.25) is 0 Å². The molecule has 26 heavy (non-hydrogen) atoms. The number of hydrazine groups is 1. The molecule has 2 amide bonds. The molecule has 134 valence electrons. The molecule has 0 bridgehead atoms. The second-order valence-electron chi connectivity index (χ2n) is 6.20. The van der Waals surface area contributed by atoms with Gasteiger partial charge in [-0.2, -0.15) is 0 Å². The van der Waals surface area contributed by atoms with Gasteiger partial charge in [-0.3, -0.25) is 15.0 Å². The summed E-state index contributed by atoms with van der Waals surface area (Å²) >= 11 is 0. The molecule has 0 saturated carbocycles. The number of anilines is 2. The molecule has 0 aliphatic carbocycles. The Morgan fingerprint density at radius 3 is 2.81 bits per heavy atom. The summed E-state index contributed by atoms with van der Waals surface area (Å²) in [7, 11) is 0. The van der Waals surface area contributed by atoms with Crippen molar-refractivity contribution < 1.29 is 18.7 Å². The number of halogens is 1. The Balaban J connectivity index is 1.50. The fourth-order valence-electron chi connectivity index (χ4n) is 3.12. The first-order chi connectivity index (χ1) is 12.6. The molecule has 2 aliphatic heterocycles. The number of fused-ring (bicyclic) bond motifs is 1. The number of carbonyl (C=O) groups excluding carboxylic acids is 2. The molecule has 7 nitrogen and oxygen atoms in total. The number of hydrogen-bond acceptors (Lipinski definition) is 5. The average Bonchev–Trinajstić information content (AvgIpc) is 3.12. The Bertz CT molecular complexity index is 856. The van der Waals surface area contributed by atoms with E-state index in [0.29, 0.717) is 23.7 Å². The largest absolute Gasteiger partial charge is 0.482 e. The van der Waals surface area contributed by atoms with Gasteiger partial charge in [-0.15, -0.1) is 0 Å². The van der Waals surface area contributed by atoms with Crippen LogP contribution in [-0.2, 0) is 9.59 Å². The fourth-order valence-corrected chi connectivity index (χ4v) is 3.12. The van der Waals surface area contributed by atoms with Crippen LogP contribution >= 0.6 is 0 Å². The third-order valence-corrected chi connectivity index (χ3v) is 4.43. The van der Waals surface area contributed by atoms with E-state index in [0.717, 1.165) is 5.56 Å². The second-order valence-corrected chi connectivity index (χ2v) is 6.20. The molecule has 2 aromatic carbocycles. The predicted molar refractivity (Wildman–Crippen MR) is 93.0 cm³/mol. The first kappa shape index (κ1) is 16.5. The number of amides is 2. The van der Waals surface area contributed by atoms with Crippen molar-refractivity contribution >= 4 is 23.2 Å². The van der Waals surface area contributed by atoms with Crippen molar-refractivity contribution in [2.45, 2.75) is 6.04 Å². The summed E-state index contributed by atoms with van der Waals surface area (Å²) < 4.78 is 18.4. The summed E-state index contributed by atoms with van der Waals surface area (Å²) in [5, 5.41) is 5.57. The summed E-state index contributed by atoms with van der Waals surface area (Å²) in [4.78, 5) is 24.1. The molecule has 2 aromatic rings. The van der Waals surface area contributed by atoms with Crippen LogP contribution in [0.3, 0.4) is 0 Å². The summed E-state index contributed by atoms with van der Waals surface area (Å²) in [6.07, 6.45) is 0. The zero-order valence-electron chi connectivity index (χ0n) is 13.7. The van der Waals surface area contributed by atoms with Gasteiger partial charge in [0, 0.05) is 12.2 Å². The second kappa shape index (κ2) is 6.74. The molecule has 2 unspecified atom stereocenters. The van der Waals surface area contributed by atoms with Crippen LogP contribution in [-0.4, -0.2) is 25.0 Å². The van der Waals surface area contributed by atoms with Gasteiger partial charge in [0.1, 0.15) is 11.6 Å². The van der Waals surface area contributed by atoms with E-state index >= 15 is 0 Å². The van der Waals surface area contributed by atoms with Crippen molar-refractivity contribution in [3.8, 4) is 5.75 Å². The monoisotopic (exact) mass is 356 g/mol. The molecule has 0 spiro atoms. The summed E-state index contributed by atoms with van der Waals surface area (Å²) in [5.41, 5.74) is 7.94. The van der Waals surface area contributed by atoms with Crippen LogP contribution in [0, 0.1) is 11.7 Å². The number of nitrogens with one attached hydrogen (secondary N) is 4. The van der Waals surface area contributed by atoms with Gasteiger partial charge in [-0.1, -0.05) is 12.1 Å². The molecule has 2 atom stereocenters. The number of hydrogen-bond donors (Lipinski definition) is 4. The third-order valence-electron chi connectivity index (χ3n) is 4.43. The Morgan fingerprint density at radius 1 is 1.19 bits per heavy atom. The van der Waals surface area contributed by atoms with E-state index in [1.165, 1.54) is 12.1 Å². The van der Waals surface area contributed by atoms with Crippen LogP contribution in [0.5, 0.6) is 5.75 Å². The maximum Gasteiger partial charge on any atom is 0.262 e. The lowest BCUT2D eigenvalue weighted by Gasteiger charge is -2.20. The lowest BCUT2D eigenvalue weighted by atomic mass is 9.94. The molecule has 2 heterocycles. The quantitative estimate of drug-likeness (QED) is 0.670. The van der Waals surface area contributed by atoms with Crippen LogP contribution in [0.25, 0.3) is 0 Å². The minimum Gasteiger partial charge on any atom is -0.482 e. The lowest BCUT2D eigenvalue weighted by Crippen LogP contribution is -2.30. The molecule has 0 aromatic heterocycles. The average molecular weight is 356 g/mol. The van der Waals surface area contributed by atoms with Gasteiger partial charge >= 0.3 is 0 Å². The van der Waals surface area contributed by atoms with E-state index in [-0.39, 0.29) is 36.2 Å². The zero-order chi connectivity index (χ0) is 18.1. The van der Waals surface area contributed by atoms with E-state index in [2.05, 4.69) is 21.5 Å². The van der Waals surface area contributed by atoms with Crippen molar-refractivity contribution in [3.05, 3.63) is 53.8 Å². The SMILES string of the molecule is O=C1COc2ccc(NC(=O)C3CNNC3c3ccc(F)cc3)cc2N1. The van der Waals surface area contributed by atoms with Gasteiger partial charge in [0.25, 0.3) is 5.91 Å². The van der Waals surface area contributed by atoms with Crippen molar-refractivity contribution in [1.82, 2.24) is 10.9 Å². The van der Waals surface area contributed by atoms with Crippen molar-refractivity contribution in [3.63, 3.8) is 0 Å². The normalized spacial score (nSPS) is 21.5. The van der Waals surface area contributed by atoms with Gasteiger partial charge in [0.05, 0.1) is 17.6 Å². The predicted octanol–water partition coefficient (Wildman–Crippen LogP) is 1.56. The number of carbonyl (C=O) groups is 2. The highest BCUT2D eigenvalue weighted by Gasteiger charge is 2.34. The Kier molecular flexibility index (Phi) is 4.27. The van der Waals surface area contributed by atoms with E-state index in [9.17, 15) is 14.0 Å². The highest BCUT2D eigenvalue weighted by Crippen LogP contribution is 2.31. The van der Waals surface area contributed by atoms with Crippen molar-refractivity contribution in [2.24, 2.45) is 5.92 Å². The minimum atomic E-state index is -0.373. The van der Waals surface area contributed by atoms with E-state index in [1.54, 1.807) is 30.3 Å². The van der Waals surface area contributed by atoms with Gasteiger partial charge < -0.3 is 15.4 Å². The molecule has 4 rings (SSSR count). The van der Waals surface area contributed by atoms with Crippen LogP contribution in [0.15, 0.2) is 42.5 Å². The molecule has 4 N–H and O–H groups in total. The molecule has 1 fully saturated rings. The maximum absolute atomic E-state index is 13.1. The summed E-state index contributed by atoms with van der Waals surface area (Å²) in [5.74, 6) is -0.543. The number of benzene rings is 2. The molecule has 8 heteroatoms. The first-order valence-corrected chi connectivity index (χ1v) is 8.21. The van der Waals surface area contributed by atoms with Crippen LogP contribution in [0.1, 0.15) is 11.6 Å². The van der Waals surface area contributed by atoms with Crippen LogP contribution in [0.4, 0.5) is 15.8 Å². The molecule has 0 radical (unpaired) electrons. The Labute approximate surface area is 148 Å². The van der Waals surface area contributed by atoms with E-state index < -0.39 is 0 Å². The lowest BCUT2D eigenvalue weighted by molar-refractivity contribution is -0.120. The minimum absolute atomic E-state index is 0.0164. The Morgan fingerprint density at radius 2 is 2.00 bits per heavy atom. The van der Waals surface area contributed by atoms with E-state index in [1.807, 2.05) is 0 Å². The third kappa shape index (κ3) is 3.24. The van der Waals surface area contributed by atoms with Crippen molar-refractivity contribution in [1.29, 1.82) is 0 Å². The molecule has 1 saturated heterocycles. The standard InChI is InChI=1S/C18H17FN4O3/c19-11-3-1-10(2-4-11)17-13(8-20-23-17)18(25)21-12-5-6-15-14(7-12)22-16(24)9-26-15/h1-7,13,17,20,23H,8-9H2,(H,21,25)(H,22,24). The highest BCUT2D eigenvalue weighted by atomic mass is 19.1. The fraction of sp³-hybridized carbons (Fsp3) is 0.222. The zero-order valence-corrected chi connectivity index (χ0v) is 13.7. The Hall–Kier alpha value is -2.97. The highest BCUT2D eigenvalue weighted by molar-refractivity contribution is 5.98. The van der Waals surface area contributed by atoms with Gasteiger partial charge in [0.15, 0.2) is 6.61 Å². The molecular formula is C18H17FN4O3. The summed E-state index contributed by atoms with van der Waals surface area (Å²) in [6.45, 7) is 0.427. The van der Waals surface area contributed by atoms with Crippen molar-refractivity contribution in [2.75, 3.05) is 23.8 Å². The summed E-state index contributed by atoms with van der Waals surface area (Å²) in [6, 6.07) is 10.9. The smallest absolute Gasteiger partial charge is 0.262 e. The number of rotatable bonds is 3. The molecular weight excluding hydrogens is 339 g/mol. The van der Waals surface area contributed by atoms with Gasteiger partial charge in [0.2, 0.25) is 5.91 Å². The number of ether oxygens (including phenoxy) is 1. The first-order valence-electron chi connectivity index (χ1n) is 8.21. The van der Waals surface area contributed by atoms with E-state index in [4.69, 9.17) is 4.74 Å². The maximum atomic E-state index is 13.1. The topological polar surface area (TPSA) is 91.5 Å². The molecule has 2 aliphatic rings. The van der Waals surface area contributed by atoms with Gasteiger partial charge in [-0.05, 0) is 35.9 Å².